The molecular weight excluding hydrogens is 252 g/mol. The fourth-order valence-corrected chi connectivity index (χ4v) is 3.05. The third-order valence-corrected chi connectivity index (χ3v) is 4.40. The smallest absolute Gasteiger partial charge is 0.338 e. The van der Waals surface area contributed by atoms with Gasteiger partial charge in [0.1, 0.15) is 6.10 Å². The second-order valence-electron chi connectivity index (χ2n) is 6.19. The van der Waals surface area contributed by atoms with Crippen LogP contribution in [0, 0.1) is 17.8 Å². The Kier molecular flexibility index (Phi) is 4.81. The molecule has 3 heteroatoms. The van der Waals surface area contributed by atoms with E-state index in [2.05, 4.69) is 13.8 Å². The summed E-state index contributed by atoms with van der Waals surface area (Å²) in [4.78, 5) is 12.1. The van der Waals surface area contributed by atoms with Gasteiger partial charge in [-0.3, -0.25) is 0 Å². The minimum absolute atomic E-state index is 0.202. The molecule has 0 unspecified atom stereocenters. The first-order valence-electron chi connectivity index (χ1n) is 7.44. The van der Waals surface area contributed by atoms with E-state index in [0.717, 1.165) is 12.8 Å². The van der Waals surface area contributed by atoms with Crippen LogP contribution >= 0.6 is 0 Å². The minimum atomic E-state index is -0.564. The molecule has 1 N–H and O–H groups in total. The van der Waals surface area contributed by atoms with E-state index in [-0.39, 0.29) is 17.8 Å². The summed E-state index contributed by atoms with van der Waals surface area (Å²) >= 11 is 0. The lowest BCUT2D eigenvalue weighted by atomic mass is 9.73. The minimum Gasteiger partial charge on any atom is -0.456 e. The molecule has 1 aliphatic rings. The van der Waals surface area contributed by atoms with E-state index in [1.165, 1.54) is 0 Å². The summed E-state index contributed by atoms with van der Waals surface area (Å²) in [5.74, 6) is 0.466. The number of hydrogen-bond donors (Lipinski definition) is 1. The topological polar surface area (TPSA) is 46.5 Å². The standard InChI is InChI=1S/C17H24O3/c1-11(2)14-10-9-12(3)16(15(14)18)20-17(19)13-7-5-4-6-8-13/h4-8,11-12,14-16,18H,9-10H2,1-3H3/t12-,14+,15-,16+/m1/s1. The van der Waals surface area contributed by atoms with Gasteiger partial charge < -0.3 is 9.84 Å². The molecular formula is C17H24O3. The maximum absolute atomic E-state index is 12.1. The van der Waals surface area contributed by atoms with Gasteiger partial charge in [-0.15, -0.1) is 0 Å². The SMILES string of the molecule is CC(C)[C@@H]1CC[C@@H](C)[C@H](OC(=O)c2ccccc2)[C@@H]1O. The number of ether oxygens (including phenoxy) is 1. The van der Waals surface area contributed by atoms with Crippen LogP contribution in [0.3, 0.4) is 0 Å². The summed E-state index contributed by atoms with van der Waals surface area (Å²) in [5, 5.41) is 10.5. The summed E-state index contributed by atoms with van der Waals surface area (Å²) in [5.41, 5.74) is 0.540. The molecule has 110 valence electrons. The molecule has 0 spiro atoms. The second-order valence-corrected chi connectivity index (χ2v) is 6.19. The highest BCUT2D eigenvalue weighted by molar-refractivity contribution is 5.89. The molecule has 0 bridgehead atoms. The Morgan fingerprint density at radius 2 is 1.90 bits per heavy atom. The van der Waals surface area contributed by atoms with E-state index in [0.29, 0.717) is 11.5 Å². The van der Waals surface area contributed by atoms with Crippen LogP contribution in [0.1, 0.15) is 44.0 Å². The molecule has 0 saturated heterocycles. The Balaban J connectivity index is 2.08. The molecule has 0 radical (unpaired) electrons. The first kappa shape index (κ1) is 15.0. The number of rotatable bonds is 3. The van der Waals surface area contributed by atoms with Gasteiger partial charge >= 0.3 is 5.97 Å². The van der Waals surface area contributed by atoms with Gasteiger partial charge in [-0.05, 0) is 42.7 Å². The maximum atomic E-state index is 12.1. The van der Waals surface area contributed by atoms with Gasteiger partial charge in [0.05, 0.1) is 11.7 Å². The van der Waals surface area contributed by atoms with Crippen molar-refractivity contribution in [3.05, 3.63) is 35.9 Å². The monoisotopic (exact) mass is 276 g/mol. The summed E-state index contributed by atoms with van der Waals surface area (Å²) in [6.45, 7) is 6.27. The quantitative estimate of drug-likeness (QED) is 0.862. The Hall–Kier alpha value is -1.35. The molecule has 0 aromatic heterocycles. The maximum Gasteiger partial charge on any atom is 0.338 e. The van der Waals surface area contributed by atoms with Crippen molar-refractivity contribution < 1.29 is 14.6 Å². The number of hydrogen-bond acceptors (Lipinski definition) is 3. The number of carbonyl (C=O) groups excluding carboxylic acids is 1. The van der Waals surface area contributed by atoms with E-state index in [1.54, 1.807) is 12.1 Å². The van der Waals surface area contributed by atoms with Crippen LogP contribution in [0.15, 0.2) is 30.3 Å². The van der Waals surface area contributed by atoms with Crippen molar-refractivity contribution in [1.29, 1.82) is 0 Å². The van der Waals surface area contributed by atoms with Gasteiger partial charge in [0.2, 0.25) is 0 Å². The normalized spacial score (nSPS) is 30.2. The molecule has 1 aliphatic carbocycles. The van der Waals surface area contributed by atoms with E-state index in [1.807, 2.05) is 25.1 Å². The third kappa shape index (κ3) is 3.21. The van der Waals surface area contributed by atoms with Gasteiger partial charge in [-0.2, -0.15) is 0 Å². The zero-order valence-electron chi connectivity index (χ0n) is 12.5. The van der Waals surface area contributed by atoms with Gasteiger partial charge in [-0.25, -0.2) is 4.79 Å². The highest BCUT2D eigenvalue weighted by Crippen LogP contribution is 2.35. The number of esters is 1. The molecule has 4 atom stereocenters. The average Bonchev–Trinajstić information content (AvgIpc) is 2.43. The van der Waals surface area contributed by atoms with E-state index in [4.69, 9.17) is 4.74 Å². The van der Waals surface area contributed by atoms with E-state index >= 15 is 0 Å². The van der Waals surface area contributed by atoms with Crippen LogP contribution in [0.2, 0.25) is 0 Å². The number of benzene rings is 1. The fourth-order valence-electron chi connectivity index (χ4n) is 3.05. The summed E-state index contributed by atoms with van der Waals surface area (Å²) in [6, 6.07) is 8.97. The molecule has 0 aliphatic heterocycles. The van der Waals surface area contributed by atoms with Crippen LogP contribution in [-0.4, -0.2) is 23.3 Å². The molecule has 1 saturated carbocycles. The van der Waals surface area contributed by atoms with Crippen molar-refractivity contribution in [2.45, 2.75) is 45.8 Å². The highest BCUT2D eigenvalue weighted by atomic mass is 16.6. The Morgan fingerprint density at radius 3 is 2.50 bits per heavy atom. The largest absolute Gasteiger partial charge is 0.456 e. The molecule has 2 rings (SSSR count). The fraction of sp³-hybridized carbons (Fsp3) is 0.588. The summed E-state index contributed by atoms with van der Waals surface area (Å²) < 4.78 is 5.59. The first-order valence-corrected chi connectivity index (χ1v) is 7.44. The Labute approximate surface area is 121 Å². The molecule has 1 aromatic carbocycles. The van der Waals surface area contributed by atoms with E-state index < -0.39 is 12.2 Å². The van der Waals surface area contributed by atoms with Crippen molar-refractivity contribution >= 4 is 5.97 Å². The number of carbonyl (C=O) groups is 1. The van der Waals surface area contributed by atoms with Crippen LogP contribution in [0.5, 0.6) is 0 Å². The zero-order valence-corrected chi connectivity index (χ0v) is 12.5. The Morgan fingerprint density at radius 1 is 1.25 bits per heavy atom. The molecule has 3 nitrogen and oxygen atoms in total. The molecule has 1 aromatic rings. The van der Waals surface area contributed by atoms with Crippen molar-refractivity contribution in [3.63, 3.8) is 0 Å². The van der Waals surface area contributed by atoms with Gasteiger partial charge in [0.25, 0.3) is 0 Å². The number of aliphatic hydroxyl groups excluding tert-OH is 1. The van der Waals surface area contributed by atoms with Gasteiger partial charge in [0.15, 0.2) is 0 Å². The van der Waals surface area contributed by atoms with Crippen LogP contribution in [0.4, 0.5) is 0 Å². The Bertz CT molecular complexity index is 441. The average molecular weight is 276 g/mol. The number of aliphatic hydroxyl groups is 1. The van der Waals surface area contributed by atoms with E-state index in [9.17, 15) is 9.90 Å². The predicted molar refractivity (Wildman–Crippen MR) is 78.4 cm³/mol. The first-order chi connectivity index (χ1) is 9.50. The van der Waals surface area contributed by atoms with Gasteiger partial charge in [-0.1, -0.05) is 39.0 Å². The molecule has 0 heterocycles. The lowest BCUT2D eigenvalue weighted by Gasteiger charge is -2.40. The van der Waals surface area contributed by atoms with Crippen molar-refractivity contribution in [1.82, 2.24) is 0 Å². The van der Waals surface area contributed by atoms with Gasteiger partial charge in [0, 0.05) is 0 Å². The molecule has 1 fully saturated rings. The van der Waals surface area contributed by atoms with Crippen molar-refractivity contribution in [2.75, 3.05) is 0 Å². The predicted octanol–water partition coefficient (Wildman–Crippen LogP) is 3.28. The zero-order chi connectivity index (χ0) is 14.7. The van der Waals surface area contributed by atoms with Crippen LogP contribution in [0.25, 0.3) is 0 Å². The van der Waals surface area contributed by atoms with Crippen molar-refractivity contribution in [3.8, 4) is 0 Å². The lowest BCUT2D eigenvalue weighted by molar-refractivity contribution is -0.0934. The van der Waals surface area contributed by atoms with Crippen LogP contribution in [-0.2, 0) is 4.74 Å². The molecule has 20 heavy (non-hydrogen) atoms. The van der Waals surface area contributed by atoms with Crippen LogP contribution < -0.4 is 0 Å². The summed E-state index contributed by atoms with van der Waals surface area (Å²) in [7, 11) is 0. The highest BCUT2D eigenvalue weighted by Gasteiger charge is 2.40. The van der Waals surface area contributed by atoms with Crippen molar-refractivity contribution in [2.24, 2.45) is 17.8 Å². The lowest BCUT2D eigenvalue weighted by Crippen LogP contribution is -2.46. The third-order valence-electron chi connectivity index (χ3n) is 4.40. The second kappa shape index (κ2) is 6.40. The summed E-state index contributed by atoms with van der Waals surface area (Å²) in [6.07, 6.45) is 1.03. The molecule has 0 amide bonds.